The van der Waals surface area contributed by atoms with E-state index >= 15 is 0 Å². The molecule has 0 fully saturated rings. The van der Waals surface area contributed by atoms with Crippen molar-refractivity contribution >= 4 is 16.0 Å². The second-order valence-electron chi connectivity index (χ2n) is 7.88. The molecule has 36 heavy (non-hydrogen) atoms. The van der Waals surface area contributed by atoms with E-state index < -0.39 is 45.5 Å². The van der Waals surface area contributed by atoms with Crippen LogP contribution in [0, 0.1) is 11.6 Å². The molecular weight excluding hydrogens is 496 g/mol. The van der Waals surface area contributed by atoms with Crippen LogP contribution in [-0.4, -0.2) is 36.8 Å². The number of carboxylic acids is 1. The summed E-state index contributed by atoms with van der Waals surface area (Å²) in [5.74, 6) is -4.97. The Labute approximate surface area is 206 Å². The second kappa shape index (κ2) is 11.4. The molecule has 1 atom stereocenters. The van der Waals surface area contributed by atoms with Gasteiger partial charge in [-0.1, -0.05) is 25.1 Å². The standard InChI is InChI=1S/C24H25F2N3O6S/c1-3-21(24(30)31)35-23-20(26)11-19(25)22(29-23)34-18-9-15(13-28-36(2,32)33)8-17(10-18)16-6-4-5-14(7-16)12-27/h4-11,21,28H,3,12-13,27H2,1-2H3,(H,30,31)/t21-/m1/s1. The SMILES string of the molecule is CC[C@@H](Oc1nc(Oc2cc(CNS(C)(=O)=O)cc(-c3cccc(CN)c3)c2)c(F)cc1F)C(=O)O. The molecule has 9 nitrogen and oxygen atoms in total. The Morgan fingerprint density at radius 3 is 2.42 bits per heavy atom. The van der Waals surface area contributed by atoms with Crippen molar-refractivity contribution in [2.45, 2.75) is 32.5 Å². The van der Waals surface area contributed by atoms with E-state index in [1.165, 1.54) is 13.0 Å². The van der Waals surface area contributed by atoms with Gasteiger partial charge in [0, 0.05) is 19.2 Å². The number of hydrogen-bond acceptors (Lipinski definition) is 7. The maximum Gasteiger partial charge on any atom is 0.344 e. The molecule has 0 aliphatic carbocycles. The Hall–Kier alpha value is -3.61. The zero-order valence-corrected chi connectivity index (χ0v) is 20.3. The third-order valence-electron chi connectivity index (χ3n) is 4.98. The number of ether oxygens (including phenoxy) is 2. The first kappa shape index (κ1) is 27.0. The molecule has 4 N–H and O–H groups in total. The maximum absolute atomic E-state index is 14.5. The molecule has 0 spiro atoms. The quantitative estimate of drug-likeness (QED) is 0.348. The lowest BCUT2D eigenvalue weighted by atomic mass is 10.0. The fraction of sp³-hybridized carbons (Fsp3) is 0.250. The van der Waals surface area contributed by atoms with Crippen molar-refractivity contribution in [2.75, 3.05) is 6.26 Å². The fourth-order valence-electron chi connectivity index (χ4n) is 3.22. The summed E-state index contributed by atoms with van der Waals surface area (Å²) in [6, 6.07) is 12.5. The minimum absolute atomic E-state index is 0.0185. The number of nitrogens with one attached hydrogen (secondary N) is 1. The summed E-state index contributed by atoms with van der Waals surface area (Å²) in [6.07, 6.45) is -0.360. The van der Waals surface area contributed by atoms with Gasteiger partial charge in [-0.15, -0.1) is 0 Å². The minimum Gasteiger partial charge on any atom is -0.479 e. The number of nitrogens with zero attached hydrogens (tertiary/aromatic N) is 1. The molecule has 2 aromatic carbocycles. The largest absolute Gasteiger partial charge is 0.479 e. The van der Waals surface area contributed by atoms with Crippen molar-refractivity contribution in [1.29, 1.82) is 0 Å². The minimum atomic E-state index is -3.51. The second-order valence-corrected chi connectivity index (χ2v) is 9.71. The molecule has 1 heterocycles. The van der Waals surface area contributed by atoms with Gasteiger partial charge in [0.25, 0.3) is 11.8 Å². The number of carbonyl (C=O) groups is 1. The van der Waals surface area contributed by atoms with Crippen molar-refractivity contribution in [2.24, 2.45) is 5.73 Å². The van der Waals surface area contributed by atoms with E-state index in [4.69, 9.17) is 20.3 Å². The zero-order chi connectivity index (χ0) is 26.5. The zero-order valence-electron chi connectivity index (χ0n) is 19.5. The van der Waals surface area contributed by atoms with Crippen molar-refractivity contribution in [3.05, 3.63) is 71.3 Å². The molecule has 0 unspecified atom stereocenters. The average molecular weight is 522 g/mol. The molecule has 3 aromatic rings. The monoisotopic (exact) mass is 521 g/mol. The number of sulfonamides is 1. The molecule has 0 radical (unpaired) electrons. The van der Waals surface area contributed by atoms with E-state index in [-0.39, 0.29) is 18.7 Å². The van der Waals surface area contributed by atoms with Crippen LogP contribution in [-0.2, 0) is 27.9 Å². The van der Waals surface area contributed by atoms with Crippen LogP contribution in [0.2, 0.25) is 0 Å². The molecule has 1 aromatic heterocycles. The highest BCUT2D eigenvalue weighted by atomic mass is 32.2. The molecule has 3 rings (SSSR count). The maximum atomic E-state index is 14.5. The highest BCUT2D eigenvalue weighted by Crippen LogP contribution is 2.32. The Morgan fingerprint density at radius 2 is 1.78 bits per heavy atom. The van der Waals surface area contributed by atoms with E-state index in [9.17, 15) is 22.0 Å². The Morgan fingerprint density at radius 1 is 1.08 bits per heavy atom. The molecule has 0 aliphatic heterocycles. The van der Waals surface area contributed by atoms with Gasteiger partial charge in [-0.05, 0) is 52.9 Å². The highest BCUT2D eigenvalue weighted by molar-refractivity contribution is 7.88. The molecule has 0 saturated heterocycles. The molecule has 0 bridgehead atoms. The molecule has 0 saturated carbocycles. The van der Waals surface area contributed by atoms with Gasteiger partial charge in [0.1, 0.15) is 5.75 Å². The van der Waals surface area contributed by atoms with Crippen LogP contribution >= 0.6 is 0 Å². The first-order chi connectivity index (χ1) is 17.0. The van der Waals surface area contributed by atoms with E-state index in [1.54, 1.807) is 18.2 Å². The average Bonchev–Trinajstić information content (AvgIpc) is 2.83. The van der Waals surface area contributed by atoms with Crippen LogP contribution < -0.4 is 19.9 Å². The predicted molar refractivity (Wildman–Crippen MR) is 128 cm³/mol. The van der Waals surface area contributed by atoms with Gasteiger partial charge in [-0.3, -0.25) is 0 Å². The summed E-state index contributed by atoms with van der Waals surface area (Å²) in [4.78, 5) is 14.9. The number of halogens is 2. The van der Waals surface area contributed by atoms with Gasteiger partial charge in [0.2, 0.25) is 10.0 Å². The third kappa shape index (κ3) is 7.20. The summed E-state index contributed by atoms with van der Waals surface area (Å²) in [5.41, 5.74) is 8.43. The van der Waals surface area contributed by atoms with Gasteiger partial charge >= 0.3 is 5.97 Å². The molecule has 0 amide bonds. The van der Waals surface area contributed by atoms with E-state index in [1.807, 2.05) is 18.2 Å². The number of hydrogen-bond donors (Lipinski definition) is 3. The van der Waals surface area contributed by atoms with Crippen molar-refractivity contribution in [3.8, 4) is 28.6 Å². The van der Waals surface area contributed by atoms with Crippen LogP contribution in [0.5, 0.6) is 17.5 Å². The number of benzene rings is 2. The van der Waals surface area contributed by atoms with Crippen LogP contribution in [0.3, 0.4) is 0 Å². The third-order valence-corrected chi connectivity index (χ3v) is 5.65. The lowest BCUT2D eigenvalue weighted by Crippen LogP contribution is -2.26. The number of carboxylic acid groups (broad SMARTS) is 1. The molecule has 12 heteroatoms. The van der Waals surface area contributed by atoms with Crippen LogP contribution in [0.4, 0.5) is 8.78 Å². The van der Waals surface area contributed by atoms with Crippen molar-refractivity contribution in [3.63, 3.8) is 0 Å². The Balaban J connectivity index is 2.02. The van der Waals surface area contributed by atoms with Gasteiger partial charge in [-0.2, -0.15) is 4.98 Å². The van der Waals surface area contributed by atoms with Crippen LogP contribution in [0.1, 0.15) is 24.5 Å². The Bertz CT molecular complexity index is 1370. The van der Waals surface area contributed by atoms with Gasteiger partial charge in [-0.25, -0.2) is 26.7 Å². The number of rotatable bonds is 11. The number of nitrogens with two attached hydrogens (primary N) is 1. The molecular formula is C24H25F2N3O6S. The summed E-state index contributed by atoms with van der Waals surface area (Å²) >= 11 is 0. The predicted octanol–water partition coefficient (Wildman–Crippen LogP) is 3.57. The topological polar surface area (TPSA) is 141 Å². The van der Waals surface area contributed by atoms with E-state index in [0.717, 1.165) is 17.4 Å². The summed E-state index contributed by atoms with van der Waals surface area (Å²) in [5, 5.41) is 9.16. The summed E-state index contributed by atoms with van der Waals surface area (Å²) in [6.45, 7) is 1.74. The highest BCUT2D eigenvalue weighted by Gasteiger charge is 2.22. The lowest BCUT2D eigenvalue weighted by Gasteiger charge is -2.15. The normalized spacial score (nSPS) is 12.2. The number of aromatic nitrogens is 1. The van der Waals surface area contributed by atoms with Crippen LogP contribution in [0.25, 0.3) is 11.1 Å². The van der Waals surface area contributed by atoms with Gasteiger partial charge in [0.15, 0.2) is 17.7 Å². The first-order valence-corrected chi connectivity index (χ1v) is 12.7. The van der Waals surface area contributed by atoms with Crippen molar-refractivity contribution < 1.29 is 36.6 Å². The summed E-state index contributed by atoms with van der Waals surface area (Å²) < 4.78 is 65.0. The Kier molecular flexibility index (Phi) is 8.56. The van der Waals surface area contributed by atoms with Gasteiger partial charge in [0.05, 0.1) is 6.26 Å². The number of pyridine rings is 1. The van der Waals surface area contributed by atoms with E-state index in [2.05, 4.69) is 9.71 Å². The van der Waals surface area contributed by atoms with Crippen molar-refractivity contribution in [1.82, 2.24) is 9.71 Å². The summed E-state index contributed by atoms with van der Waals surface area (Å²) in [7, 11) is -3.51. The fourth-order valence-corrected chi connectivity index (χ4v) is 3.65. The first-order valence-electron chi connectivity index (χ1n) is 10.8. The number of aliphatic carboxylic acids is 1. The van der Waals surface area contributed by atoms with Crippen LogP contribution in [0.15, 0.2) is 48.5 Å². The molecule has 192 valence electrons. The molecule has 0 aliphatic rings. The van der Waals surface area contributed by atoms with Gasteiger partial charge < -0.3 is 20.3 Å². The lowest BCUT2D eigenvalue weighted by molar-refractivity contribution is -0.145. The smallest absolute Gasteiger partial charge is 0.344 e. The van der Waals surface area contributed by atoms with E-state index in [0.29, 0.717) is 23.7 Å².